The van der Waals surface area contributed by atoms with Gasteiger partial charge in [0.25, 0.3) is 0 Å². The Morgan fingerprint density at radius 2 is 1.64 bits per heavy atom. The second-order valence-electron chi connectivity index (χ2n) is 4.37. The second kappa shape index (κ2) is 4.79. The summed E-state index contributed by atoms with van der Waals surface area (Å²) in [6.07, 6.45) is 1.30. The van der Waals surface area contributed by atoms with Gasteiger partial charge in [0.1, 0.15) is 0 Å². The Bertz CT molecular complexity index is 284. The summed E-state index contributed by atoms with van der Waals surface area (Å²) in [6, 6.07) is 7.00. The van der Waals surface area contributed by atoms with E-state index >= 15 is 0 Å². The minimum Gasteiger partial charge on any atom is -0.0667 e. The van der Waals surface area contributed by atoms with E-state index in [-0.39, 0.29) is 8.80 Å². The van der Waals surface area contributed by atoms with E-state index in [9.17, 15) is 0 Å². The molecule has 0 heterocycles. The monoisotopic (exact) mass is 205 g/mol. The lowest BCUT2D eigenvalue weighted by molar-refractivity contribution is 0.862. The van der Waals surface area contributed by atoms with Gasteiger partial charge >= 0.3 is 0 Å². The van der Waals surface area contributed by atoms with Crippen LogP contribution in [0.5, 0.6) is 0 Å². The lowest BCUT2D eigenvalue weighted by Crippen LogP contribution is -2.30. The SMILES string of the molecule is CCC(C)[Si](C)c1cc(C)cc(C)c1. The van der Waals surface area contributed by atoms with Crippen molar-refractivity contribution in [3.05, 3.63) is 29.3 Å². The zero-order valence-electron chi connectivity index (χ0n) is 10.0. The highest BCUT2D eigenvalue weighted by molar-refractivity contribution is 6.73. The van der Waals surface area contributed by atoms with Gasteiger partial charge in [-0.25, -0.2) is 0 Å². The third-order valence-electron chi connectivity index (χ3n) is 3.03. The van der Waals surface area contributed by atoms with E-state index in [1.54, 1.807) is 5.19 Å². The van der Waals surface area contributed by atoms with Gasteiger partial charge in [-0.1, -0.05) is 61.3 Å². The van der Waals surface area contributed by atoms with Crippen LogP contribution >= 0.6 is 0 Å². The zero-order valence-corrected chi connectivity index (χ0v) is 11.0. The average Bonchev–Trinajstić information content (AvgIpc) is 2.14. The van der Waals surface area contributed by atoms with Crippen LogP contribution in [0.3, 0.4) is 0 Å². The molecule has 0 N–H and O–H groups in total. The molecule has 0 aliphatic rings. The van der Waals surface area contributed by atoms with Crippen molar-refractivity contribution in [1.82, 2.24) is 0 Å². The molecule has 0 amide bonds. The van der Waals surface area contributed by atoms with Crippen molar-refractivity contribution in [2.45, 2.75) is 46.2 Å². The Morgan fingerprint density at radius 3 is 2.07 bits per heavy atom. The maximum Gasteiger partial charge on any atom is 0.0853 e. The maximum atomic E-state index is 2.44. The first kappa shape index (κ1) is 11.5. The smallest absolute Gasteiger partial charge is 0.0667 e. The maximum absolute atomic E-state index is 2.44. The number of hydrogen-bond acceptors (Lipinski definition) is 0. The fourth-order valence-electron chi connectivity index (χ4n) is 1.79. The third kappa shape index (κ3) is 2.71. The van der Waals surface area contributed by atoms with Crippen LogP contribution in [0, 0.1) is 13.8 Å². The minimum atomic E-state index is -0.340. The number of aryl methyl sites for hydroxylation is 2. The molecule has 0 aliphatic carbocycles. The molecule has 0 aromatic heterocycles. The van der Waals surface area contributed by atoms with Gasteiger partial charge in [-0.05, 0) is 19.4 Å². The predicted octanol–water partition coefficient (Wildman–Crippen LogP) is 3.44. The number of benzene rings is 1. The number of hydrogen-bond donors (Lipinski definition) is 0. The van der Waals surface area contributed by atoms with E-state index in [2.05, 4.69) is 52.4 Å². The highest BCUT2D eigenvalue weighted by Gasteiger charge is 2.14. The third-order valence-corrected chi connectivity index (χ3v) is 6.11. The predicted molar refractivity (Wildman–Crippen MR) is 66.9 cm³/mol. The van der Waals surface area contributed by atoms with Crippen LogP contribution in [0.15, 0.2) is 18.2 Å². The minimum absolute atomic E-state index is 0.340. The Labute approximate surface area is 90.0 Å². The van der Waals surface area contributed by atoms with Gasteiger partial charge in [-0.2, -0.15) is 0 Å². The number of rotatable bonds is 3. The van der Waals surface area contributed by atoms with Gasteiger partial charge in [0.15, 0.2) is 0 Å². The topological polar surface area (TPSA) is 0 Å². The van der Waals surface area contributed by atoms with Crippen LogP contribution in [0.25, 0.3) is 0 Å². The first-order valence-electron chi connectivity index (χ1n) is 5.46. The van der Waals surface area contributed by atoms with Crippen LogP contribution in [-0.4, -0.2) is 8.80 Å². The van der Waals surface area contributed by atoms with Crippen molar-refractivity contribution in [3.63, 3.8) is 0 Å². The first-order valence-corrected chi connectivity index (χ1v) is 7.54. The Hall–Kier alpha value is -0.563. The highest BCUT2D eigenvalue weighted by atomic mass is 28.3. The van der Waals surface area contributed by atoms with Crippen molar-refractivity contribution in [2.75, 3.05) is 0 Å². The molecule has 1 aromatic carbocycles. The van der Waals surface area contributed by atoms with E-state index in [4.69, 9.17) is 0 Å². The molecule has 1 atom stereocenters. The molecular formula is C13H21Si. The summed E-state index contributed by atoms with van der Waals surface area (Å²) in [5, 5.41) is 1.60. The lowest BCUT2D eigenvalue weighted by Gasteiger charge is -2.17. The van der Waals surface area contributed by atoms with Gasteiger partial charge in [0.05, 0.1) is 8.80 Å². The molecule has 1 unspecified atom stereocenters. The summed E-state index contributed by atoms with van der Waals surface area (Å²) in [7, 11) is -0.340. The van der Waals surface area contributed by atoms with Crippen LogP contribution in [-0.2, 0) is 0 Å². The van der Waals surface area contributed by atoms with Crippen molar-refractivity contribution in [2.24, 2.45) is 0 Å². The molecule has 77 valence electrons. The molecule has 1 heteroatoms. The molecule has 1 aromatic rings. The second-order valence-corrected chi connectivity index (χ2v) is 7.30. The van der Waals surface area contributed by atoms with Crippen LogP contribution < -0.4 is 5.19 Å². The van der Waals surface area contributed by atoms with E-state index in [0.717, 1.165) is 5.54 Å². The summed E-state index contributed by atoms with van der Waals surface area (Å²) in [4.78, 5) is 0. The molecule has 1 radical (unpaired) electrons. The van der Waals surface area contributed by atoms with E-state index < -0.39 is 0 Å². The fraction of sp³-hybridized carbons (Fsp3) is 0.538. The van der Waals surface area contributed by atoms with Gasteiger partial charge in [0, 0.05) is 0 Å². The van der Waals surface area contributed by atoms with E-state index in [1.807, 2.05) is 0 Å². The van der Waals surface area contributed by atoms with Gasteiger partial charge in [-0.3, -0.25) is 0 Å². The van der Waals surface area contributed by atoms with Crippen molar-refractivity contribution < 1.29 is 0 Å². The Kier molecular flexibility index (Phi) is 3.94. The van der Waals surface area contributed by atoms with Crippen LogP contribution in [0.2, 0.25) is 12.1 Å². The van der Waals surface area contributed by atoms with Gasteiger partial charge in [-0.15, -0.1) is 0 Å². The molecule has 0 saturated carbocycles. The standard InChI is InChI=1S/C13H21Si/c1-6-12(4)14(5)13-8-10(2)7-11(3)9-13/h7-9,12H,6H2,1-5H3. The summed E-state index contributed by atoms with van der Waals surface area (Å²) in [5.74, 6) is 0. The largest absolute Gasteiger partial charge is 0.0853 e. The molecule has 0 spiro atoms. The van der Waals surface area contributed by atoms with E-state index in [1.165, 1.54) is 17.5 Å². The molecule has 0 aliphatic heterocycles. The molecular weight excluding hydrogens is 184 g/mol. The zero-order chi connectivity index (χ0) is 10.7. The fourth-order valence-corrected chi connectivity index (χ4v) is 3.89. The van der Waals surface area contributed by atoms with Crippen molar-refractivity contribution >= 4 is 14.0 Å². The Morgan fingerprint density at radius 1 is 1.14 bits per heavy atom. The van der Waals surface area contributed by atoms with Gasteiger partial charge in [0.2, 0.25) is 0 Å². The molecule has 14 heavy (non-hydrogen) atoms. The van der Waals surface area contributed by atoms with Gasteiger partial charge < -0.3 is 0 Å². The molecule has 0 saturated heterocycles. The molecule has 1 rings (SSSR count). The summed E-state index contributed by atoms with van der Waals surface area (Å²) < 4.78 is 0. The van der Waals surface area contributed by atoms with E-state index in [0.29, 0.717) is 0 Å². The summed E-state index contributed by atoms with van der Waals surface area (Å²) >= 11 is 0. The average molecular weight is 205 g/mol. The normalized spacial score (nSPS) is 13.3. The van der Waals surface area contributed by atoms with Crippen molar-refractivity contribution in [3.8, 4) is 0 Å². The lowest BCUT2D eigenvalue weighted by atomic mass is 10.2. The first-order chi connectivity index (χ1) is 6.54. The van der Waals surface area contributed by atoms with Crippen LogP contribution in [0.1, 0.15) is 31.4 Å². The molecule has 0 nitrogen and oxygen atoms in total. The summed E-state index contributed by atoms with van der Waals surface area (Å²) in [6.45, 7) is 11.5. The Balaban J connectivity index is 2.94. The highest BCUT2D eigenvalue weighted by Crippen LogP contribution is 2.14. The molecule has 0 fully saturated rings. The van der Waals surface area contributed by atoms with Crippen LogP contribution in [0.4, 0.5) is 0 Å². The van der Waals surface area contributed by atoms with Crippen molar-refractivity contribution in [1.29, 1.82) is 0 Å². The molecule has 0 bridgehead atoms. The quantitative estimate of drug-likeness (QED) is 0.663. The summed E-state index contributed by atoms with van der Waals surface area (Å²) in [5.41, 5.74) is 3.70.